The van der Waals surface area contributed by atoms with Crippen LogP contribution < -0.4 is 21.0 Å². The fourth-order valence-corrected chi connectivity index (χ4v) is 3.56. The van der Waals surface area contributed by atoms with Crippen molar-refractivity contribution >= 4 is 0 Å². The molecule has 2 aliphatic rings. The zero-order chi connectivity index (χ0) is 15.2. The van der Waals surface area contributed by atoms with Gasteiger partial charge >= 0.3 is 0 Å². The molecule has 0 amide bonds. The monoisotopic (exact) mass is 301 g/mol. The Labute approximate surface area is 127 Å². The van der Waals surface area contributed by atoms with Crippen molar-refractivity contribution in [2.75, 3.05) is 26.2 Å². The molecule has 0 radical (unpaired) electrons. The minimum Gasteiger partial charge on any atom is -0.632 e. The van der Waals surface area contributed by atoms with Crippen molar-refractivity contribution in [3.63, 3.8) is 0 Å². The molecule has 0 bridgehead atoms. The summed E-state index contributed by atoms with van der Waals surface area (Å²) in [5.74, 6) is 0. The van der Waals surface area contributed by atoms with Crippen molar-refractivity contribution in [2.24, 2.45) is 0 Å². The van der Waals surface area contributed by atoms with E-state index in [9.17, 15) is 10.4 Å². The molecule has 0 aromatic carbocycles. The average Bonchev–Trinajstić information content (AvgIpc) is 2.52. The molecule has 0 aromatic rings. The summed E-state index contributed by atoms with van der Waals surface area (Å²) in [6.07, 6.45) is 4.44. The quantitative estimate of drug-likeness (QED) is 0.329. The van der Waals surface area contributed by atoms with Crippen LogP contribution in [-0.4, -0.2) is 49.5 Å². The third kappa shape index (κ3) is 4.35. The standard InChI is InChI=1S/C14H31N5O2/c1-3-17(4-2)11-7-10-15-14-16-19(21)13-9-6-5-8-12(13)18(14)20/h12-16,18-19H,3-11H2,1-2H3. The van der Waals surface area contributed by atoms with Crippen LogP contribution in [0.15, 0.2) is 0 Å². The highest BCUT2D eigenvalue weighted by Crippen LogP contribution is 2.15. The lowest BCUT2D eigenvalue weighted by Crippen LogP contribution is -3.37. The fraction of sp³-hybridized carbons (Fsp3) is 1.00. The van der Waals surface area contributed by atoms with Crippen LogP contribution in [0, 0.1) is 10.4 Å². The zero-order valence-electron chi connectivity index (χ0n) is 13.4. The highest BCUT2D eigenvalue weighted by molar-refractivity contribution is 4.77. The van der Waals surface area contributed by atoms with E-state index in [2.05, 4.69) is 29.5 Å². The van der Waals surface area contributed by atoms with E-state index in [-0.39, 0.29) is 22.3 Å². The molecule has 1 aliphatic heterocycles. The van der Waals surface area contributed by atoms with Gasteiger partial charge in [-0.15, -0.1) is 0 Å². The smallest absolute Gasteiger partial charge is 0.240 e. The van der Waals surface area contributed by atoms with Gasteiger partial charge in [-0.2, -0.15) is 0 Å². The summed E-state index contributed by atoms with van der Waals surface area (Å²) in [5, 5.41) is 28.1. The molecule has 2 rings (SSSR count). The maximum Gasteiger partial charge on any atom is 0.240 e. The highest BCUT2D eigenvalue weighted by atomic mass is 16.6. The van der Waals surface area contributed by atoms with Crippen LogP contribution in [0.5, 0.6) is 0 Å². The van der Waals surface area contributed by atoms with Crippen molar-refractivity contribution in [3.8, 4) is 0 Å². The number of hydroxylamine groups is 3. The van der Waals surface area contributed by atoms with Gasteiger partial charge in [-0.05, 0) is 38.9 Å². The van der Waals surface area contributed by atoms with Gasteiger partial charge in [0.1, 0.15) is 6.04 Å². The van der Waals surface area contributed by atoms with Gasteiger partial charge in [-0.25, -0.2) is 0 Å². The van der Waals surface area contributed by atoms with E-state index in [0.717, 1.165) is 58.3 Å². The van der Waals surface area contributed by atoms with E-state index >= 15 is 0 Å². The lowest BCUT2D eigenvalue weighted by molar-refractivity contribution is -1.06. The van der Waals surface area contributed by atoms with Gasteiger partial charge < -0.3 is 20.4 Å². The van der Waals surface area contributed by atoms with Gasteiger partial charge in [0, 0.05) is 19.4 Å². The first-order chi connectivity index (χ1) is 10.2. The third-order valence-electron chi connectivity index (χ3n) is 4.93. The minimum atomic E-state index is -0.464. The number of rotatable bonds is 7. The van der Waals surface area contributed by atoms with Crippen LogP contribution in [0.25, 0.3) is 0 Å². The van der Waals surface area contributed by atoms with Gasteiger partial charge in [0.2, 0.25) is 6.29 Å². The second-order valence-electron chi connectivity index (χ2n) is 6.18. The van der Waals surface area contributed by atoms with Crippen LogP contribution in [0.3, 0.4) is 0 Å². The van der Waals surface area contributed by atoms with Crippen molar-refractivity contribution < 1.29 is 10.2 Å². The van der Waals surface area contributed by atoms with Gasteiger partial charge in [0.05, 0.1) is 0 Å². The maximum atomic E-state index is 12.5. The van der Waals surface area contributed by atoms with Gasteiger partial charge in [0.15, 0.2) is 6.04 Å². The van der Waals surface area contributed by atoms with Crippen LogP contribution in [0.2, 0.25) is 0 Å². The Morgan fingerprint density at radius 1 is 1.14 bits per heavy atom. The Bertz CT molecular complexity index is 303. The highest BCUT2D eigenvalue weighted by Gasteiger charge is 2.43. The topological polar surface area (TPSA) is 82.3 Å². The van der Waals surface area contributed by atoms with E-state index in [4.69, 9.17) is 0 Å². The number of hydrogen-bond acceptors (Lipinski definition) is 5. The Morgan fingerprint density at radius 3 is 2.48 bits per heavy atom. The molecule has 1 saturated heterocycles. The van der Waals surface area contributed by atoms with Gasteiger partial charge in [0.25, 0.3) is 0 Å². The van der Waals surface area contributed by atoms with Crippen molar-refractivity contribution in [1.82, 2.24) is 15.6 Å². The minimum absolute atomic E-state index is 0.0483. The average molecular weight is 301 g/mol. The Morgan fingerprint density at radius 2 is 1.81 bits per heavy atom. The van der Waals surface area contributed by atoms with E-state index in [0.29, 0.717) is 0 Å². The van der Waals surface area contributed by atoms with Crippen LogP contribution in [0.1, 0.15) is 46.0 Å². The maximum absolute atomic E-state index is 12.5. The fourth-order valence-electron chi connectivity index (χ4n) is 3.56. The normalized spacial score (nSPS) is 36.7. The molecule has 124 valence electrons. The summed E-state index contributed by atoms with van der Waals surface area (Å²) in [7, 11) is 0. The second-order valence-corrected chi connectivity index (χ2v) is 6.18. The molecule has 0 spiro atoms. The van der Waals surface area contributed by atoms with E-state index < -0.39 is 6.29 Å². The summed E-state index contributed by atoms with van der Waals surface area (Å²) in [6.45, 7) is 8.22. The number of hydrogen-bond donors (Lipinski definition) is 4. The van der Waals surface area contributed by atoms with Gasteiger partial charge in [-0.3, -0.25) is 10.5 Å². The summed E-state index contributed by atoms with van der Waals surface area (Å²) in [4.78, 5) is 2.36. The summed E-state index contributed by atoms with van der Waals surface area (Å²) in [6, 6.07) is -0.118. The number of fused-ring (bicyclic) bond motifs is 1. The summed E-state index contributed by atoms with van der Waals surface area (Å²) >= 11 is 0. The molecule has 4 N–H and O–H groups in total. The Balaban J connectivity index is 1.75. The number of nitrogens with one attached hydrogen (secondary N) is 4. The number of nitrogens with zero attached hydrogens (tertiary/aromatic N) is 1. The third-order valence-corrected chi connectivity index (χ3v) is 4.93. The predicted molar refractivity (Wildman–Crippen MR) is 82.0 cm³/mol. The van der Waals surface area contributed by atoms with Crippen LogP contribution in [0.4, 0.5) is 0 Å². The van der Waals surface area contributed by atoms with Crippen LogP contribution >= 0.6 is 0 Å². The molecule has 21 heavy (non-hydrogen) atoms. The first kappa shape index (κ1) is 17.1. The first-order valence-corrected chi connectivity index (χ1v) is 8.47. The van der Waals surface area contributed by atoms with E-state index in [1.165, 1.54) is 0 Å². The molecular formula is C14H31N5O2. The molecule has 7 nitrogen and oxygen atoms in total. The molecule has 5 atom stereocenters. The summed E-state index contributed by atoms with van der Waals surface area (Å²) in [5.41, 5.74) is 2.87. The molecule has 1 heterocycles. The molecule has 1 aliphatic carbocycles. The molecule has 5 unspecified atom stereocenters. The number of quaternary nitrogens is 2. The second kappa shape index (κ2) is 8.38. The molecule has 2 fully saturated rings. The largest absolute Gasteiger partial charge is 0.632 e. The Kier molecular flexibility index (Phi) is 6.81. The van der Waals surface area contributed by atoms with E-state index in [1.807, 2.05) is 0 Å². The molecule has 1 saturated carbocycles. The lowest BCUT2D eigenvalue weighted by Gasteiger charge is -2.51. The van der Waals surface area contributed by atoms with Crippen molar-refractivity contribution in [1.29, 1.82) is 0 Å². The summed E-state index contributed by atoms with van der Waals surface area (Å²) < 4.78 is 0. The molecule has 0 aromatic heterocycles. The lowest BCUT2D eigenvalue weighted by atomic mass is 9.89. The van der Waals surface area contributed by atoms with Gasteiger partial charge in [-0.1, -0.05) is 19.3 Å². The van der Waals surface area contributed by atoms with E-state index in [1.54, 1.807) is 0 Å². The van der Waals surface area contributed by atoms with Crippen molar-refractivity contribution in [3.05, 3.63) is 10.4 Å². The molecule has 7 heteroatoms. The first-order valence-electron chi connectivity index (χ1n) is 8.47. The van der Waals surface area contributed by atoms with Crippen LogP contribution in [-0.2, 0) is 0 Å². The SMILES string of the molecule is CCN(CC)CCCNC1N[NH+]([O-])C2CCCCC2[NH+]1[O-]. The Hall–Kier alpha value is -0.280. The molecular weight excluding hydrogens is 270 g/mol. The predicted octanol–water partition coefficient (Wildman–Crippen LogP) is -1.81. The van der Waals surface area contributed by atoms with Crippen molar-refractivity contribution in [2.45, 2.75) is 64.3 Å². The zero-order valence-corrected chi connectivity index (χ0v) is 13.4.